The Kier molecular flexibility index (Phi) is 8.84. The molecule has 0 N–H and O–H groups in total. The molecule has 2 aliphatic carbocycles. The highest BCUT2D eigenvalue weighted by Crippen LogP contribution is 2.41. The molecule has 8 aromatic carbocycles. The lowest BCUT2D eigenvalue weighted by molar-refractivity contribution is 0.967. The summed E-state index contributed by atoms with van der Waals surface area (Å²) >= 11 is 0. The standard InChI is InChI=1S/C65H43N7/c66-40-41-25-27-42(28-26-41)43-29-31-44(32-30-43)65-67-63(71-59-23-11-5-17-51(59)53-37-45(33-35-61(53)71)69-55-19-7-1-13-47(55)48-14-2-8-20-56(48)69)39-64(68-65)72-60-24-12-6-18-52(60)54-38-46(34-36-62(54)72)70-57-21-9-3-15-49(57)50-16-4-10-22-58(50)70/h1,3,5-13,15,17-39H,2,4,14,16H2. The zero-order chi connectivity index (χ0) is 47.4. The Morgan fingerprint density at radius 3 is 1.25 bits per heavy atom. The first-order valence-electron chi connectivity index (χ1n) is 24.8. The predicted molar refractivity (Wildman–Crippen MR) is 295 cm³/mol. The molecule has 72 heavy (non-hydrogen) atoms. The van der Waals surface area contributed by atoms with Crippen molar-refractivity contribution in [2.24, 2.45) is 0 Å². The highest BCUT2D eigenvalue weighted by Gasteiger charge is 2.24. The Morgan fingerprint density at radius 2 is 0.778 bits per heavy atom. The zero-order valence-corrected chi connectivity index (χ0v) is 39.2. The smallest absolute Gasteiger partial charge is 0.163 e. The Morgan fingerprint density at radius 1 is 0.375 bits per heavy atom. The number of rotatable bonds is 6. The molecule has 0 bridgehead atoms. The quantitative estimate of drug-likeness (QED) is 0.167. The van der Waals surface area contributed by atoms with Crippen LogP contribution in [0.3, 0.4) is 0 Å². The Labute approximate surface area is 414 Å². The van der Waals surface area contributed by atoms with Gasteiger partial charge in [0.1, 0.15) is 11.6 Å². The molecule has 0 saturated carbocycles. The van der Waals surface area contributed by atoms with Gasteiger partial charge in [0.15, 0.2) is 5.82 Å². The van der Waals surface area contributed by atoms with E-state index in [1.807, 2.05) is 24.3 Å². The molecular formula is C65H43N7. The third kappa shape index (κ3) is 6.03. The second-order valence-electron chi connectivity index (χ2n) is 19.1. The van der Waals surface area contributed by atoms with Crippen LogP contribution in [0.25, 0.3) is 123 Å². The van der Waals surface area contributed by atoms with E-state index in [9.17, 15) is 5.26 Å². The summed E-state index contributed by atoms with van der Waals surface area (Å²) in [6.07, 6.45) is 13.4. The van der Waals surface area contributed by atoms with Gasteiger partial charge < -0.3 is 9.13 Å². The van der Waals surface area contributed by atoms with Crippen molar-refractivity contribution in [2.75, 3.05) is 0 Å². The van der Waals surface area contributed by atoms with E-state index in [4.69, 9.17) is 9.97 Å². The van der Waals surface area contributed by atoms with Crippen LogP contribution in [0.1, 0.15) is 40.9 Å². The molecule has 0 unspecified atom stereocenters. The fourth-order valence-electron chi connectivity index (χ4n) is 12.0. The highest BCUT2D eigenvalue weighted by atomic mass is 15.1. The average molecular weight is 922 g/mol. The SMILES string of the molecule is N#Cc1ccc(-c2ccc(-c3nc(-n4c5ccccc5c5cc(-n6c7c(c8ccccc86)CCC=C7)ccc54)cc(-n4c5ccccc5c5cc(-n6c7c(c8ccccc86)CCC=C7)ccc54)n3)cc2)cc1. The van der Waals surface area contributed by atoms with Gasteiger partial charge in [-0.15, -0.1) is 0 Å². The minimum atomic E-state index is 0.619. The van der Waals surface area contributed by atoms with Gasteiger partial charge in [0.2, 0.25) is 0 Å². The molecule has 7 heteroatoms. The van der Waals surface area contributed by atoms with E-state index in [2.05, 4.69) is 212 Å². The van der Waals surface area contributed by atoms with Crippen LogP contribution in [-0.2, 0) is 12.8 Å². The maximum atomic E-state index is 9.45. The zero-order valence-electron chi connectivity index (χ0n) is 39.2. The first-order valence-corrected chi connectivity index (χ1v) is 24.8. The third-order valence-corrected chi connectivity index (χ3v) is 15.2. The minimum absolute atomic E-state index is 0.619. The van der Waals surface area contributed by atoms with Gasteiger partial charge in [-0.2, -0.15) is 5.26 Å². The Bertz CT molecular complexity index is 4270. The molecule has 0 atom stereocenters. The number of aromatic nitrogens is 6. The normalized spacial score (nSPS) is 13.2. The van der Waals surface area contributed by atoms with Gasteiger partial charge in [-0.05, 0) is 133 Å². The van der Waals surface area contributed by atoms with Crippen molar-refractivity contribution >= 4 is 77.6 Å². The van der Waals surface area contributed by atoms with Crippen LogP contribution in [0.5, 0.6) is 0 Å². The molecule has 0 radical (unpaired) electrons. The monoisotopic (exact) mass is 921 g/mol. The number of nitriles is 1. The molecule has 0 spiro atoms. The summed E-state index contributed by atoms with van der Waals surface area (Å²) < 4.78 is 9.51. The van der Waals surface area contributed by atoms with Crippen molar-refractivity contribution in [2.45, 2.75) is 25.7 Å². The second kappa shape index (κ2) is 15.8. The molecule has 13 aromatic rings. The third-order valence-electron chi connectivity index (χ3n) is 15.2. The van der Waals surface area contributed by atoms with Crippen LogP contribution in [0.15, 0.2) is 200 Å². The number of aryl methyl sites for hydroxylation is 2. The van der Waals surface area contributed by atoms with Gasteiger partial charge in [-0.1, -0.05) is 121 Å². The first-order chi connectivity index (χ1) is 35.7. The van der Waals surface area contributed by atoms with Crippen LogP contribution in [0.4, 0.5) is 0 Å². The predicted octanol–water partition coefficient (Wildman–Crippen LogP) is 15.7. The Hall–Kier alpha value is -9.51. The number of allylic oxidation sites excluding steroid dienone is 2. The van der Waals surface area contributed by atoms with Crippen molar-refractivity contribution in [1.29, 1.82) is 5.26 Å². The van der Waals surface area contributed by atoms with Crippen LogP contribution < -0.4 is 0 Å². The van der Waals surface area contributed by atoms with E-state index >= 15 is 0 Å². The molecule has 0 fully saturated rings. The number of nitrogens with zero attached hydrogens (tertiary/aromatic N) is 7. The first kappa shape index (κ1) is 40.4. The number of benzene rings is 8. The number of hydrogen-bond donors (Lipinski definition) is 0. The molecule has 0 amide bonds. The summed E-state index contributed by atoms with van der Waals surface area (Å²) in [6.45, 7) is 0. The van der Waals surface area contributed by atoms with Crippen molar-refractivity contribution < 1.29 is 0 Å². The van der Waals surface area contributed by atoms with E-state index in [1.165, 1.54) is 44.3 Å². The maximum Gasteiger partial charge on any atom is 0.163 e. The van der Waals surface area contributed by atoms with E-state index < -0.39 is 0 Å². The fraction of sp³-hybridized carbons (Fsp3) is 0.0615. The molecule has 7 nitrogen and oxygen atoms in total. The summed E-state index contributed by atoms with van der Waals surface area (Å²) in [5.74, 6) is 2.17. The summed E-state index contributed by atoms with van der Waals surface area (Å²) in [5, 5.41) is 16.7. The fourth-order valence-corrected chi connectivity index (χ4v) is 12.0. The molecule has 5 heterocycles. The largest absolute Gasteiger partial charge is 0.310 e. The number of fused-ring (bicyclic) bond motifs is 12. The van der Waals surface area contributed by atoms with Crippen molar-refractivity contribution in [1.82, 2.24) is 28.2 Å². The molecule has 338 valence electrons. The van der Waals surface area contributed by atoms with E-state index in [0.717, 1.165) is 109 Å². The Balaban J connectivity index is 0.955. The van der Waals surface area contributed by atoms with Crippen molar-refractivity contribution in [3.05, 3.63) is 228 Å². The lowest BCUT2D eigenvalue weighted by atomic mass is 10.0. The summed E-state index contributed by atoms with van der Waals surface area (Å²) in [7, 11) is 0. The lowest BCUT2D eigenvalue weighted by Gasteiger charge is -2.15. The van der Waals surface area contributed by atoms with Gasteiger partial charge in [0.05, 0.1) is 44.7 Å². The number of para-hydroxylation sites is 4. The second-order valence-corrected chi connectivity index (χ2v) is 19.1. The molecular weight excluding hydrogens is 879 g/mol. The highest BCUT2D eigenvalue weighted by molar-refractivity contribution is 6.11. The van der Waals surface area contributed by atoms with Gasteiger partial charge in [0, 0.05) is 66.7 Å². The van der Waals surface area contributed by atoms with Crippen LogP contribution in [0, 0.1) is 11.3 Å². The van der Waals surface area contributed by atoms with Gasteiger partial charge in [0.25, 0.3) is 0 Å². The lowest BCUT2D eigenvalue weighted by Crippen LogP contribution is -2.06. The molecule has 2 aliphatic rings. The minimum Gasteiger partial charge on any atom is -0.310 e. The van der Waals surface area contributed by atoms with Crippen molar-refractivity contribution in [3.63, 3.8) is 0 Å². The molecule has 0 saturated heterocycles. The summed E-state index contributed by atoms with van der Waals surface area (Å²) in [5.41, 5.74) is 18.0. The molecule has 15 rings (SSSR count). The number of hydrogen-bond acceptors (Lipinski definition) is 3. The topological polar surface area (TPSA) is 69.3 Å². The van der Waals surface area contributed by atoms with E-state index in [-0.39, 0.29) is 0 Å². The van der Waals surface area contributed by atoms with Crippen LogP contribution >= 0.6 is 0 Å². The van der Waals surface area contributed by atoms with Gasteiger partial charge in [-0.3, -0.25) is 9.13 Å². The summed E-state index contributed by atoms with van der Waals surface area (Å²) in [4.78, 5) is 11.0. The van der Waals surface area contributed by atoms with Crippen molar-refractivity contribution in [3.8, 4) is 51.6 Å². The van der Waals surface area contributed by atoms with Gasteiger partial charge in [-0.25, -0.2) is 9.97 Å². The van der Waals surface area contributed by atoms with E-state index in [1.54, 1.807) is 0 Å². The van der Waals surface area contributed by atoms with Gasteiger partial charge >= 0.3 is 0 Å². The summed E-state index contributed by atoms with van der Waals surface area (Å²) in [6, 6.07) is 69.4. The molecule has 5 aromatic heterocycles. The van der Waals surface area contributed by atoms with E-state index in [0.29, 0.717) is 11.4 Å². The van der Waals surface area contributed by atoms with Crippen LogP contribution in [-0.4, -0.2) is 28.2 Å². The average Bonchev–Trinajstić information content (AvgIpc) is 4.18. The van der Waals surface area contributed by atoms with Crippen LogP contribution in [0.2, 0.25) is 0 Å². The molecule has 0 aliphatic heterocycles. The maximum absolute atomic E-state index is 9.45.